The molecular formula is C17H26O. The minimum Gasteiger partial charge on any atom is -0.393 e. The average Bonchev–Trinajstić information content (AvgIpc) is 2.35. The molecule has 3 atom stereocenters. The van der Waals surface area contributed by atoms with Gasteiger partial charge in [0.25, 0.3) is 0 Å². The Morgan fingerprint density at radius 2 is 1.89 bits per heavy atom. The van der Waals surface area contributed by atoms with E-state index < -0.39 is 0 Å². The molecule has 2 rings (SSSR count). The van der Waals surface area contributed by atoms with E-state index in [0.717, 1.165) is 19.3 Å². The number of hydrogen-bond donors (Lipinski definition) is 1. The maximum absolute atomic E-state index is 9.97. The van der Waals surface area contributed by atoms with Crippen molar-refractivity contribution in [2.75, 3.05) is 0 Å². The van der Waals surface area contributed by atoms with Crippen LogP contribution in [0.3, 0.4) is 0 Å². The Balaban J connectivity index is 2.11. The van der Waals surface area contributed by atoms with E-state index in [2.05, 4.69) is 52.0 Å². The largest absolute Gasteiger partial charge is 0.393 e. The fourth-order valence-corrected chi connectivity index (χ4v) is 3.19. The van der Waals surface area contributed by atoms with Gasteiger partial charge in [-0.3, -0.25) is 0 Å². The molecule has 0 aliphatic heterocycles. The molecule has 0 saturated heterocycles. The number of aliphatic hydroxyl groups is 1. The molecule has 1 aromatic rings. The van der Waals surface area contributed by atoms with E-state index in [1.807, 2.05) is 0 Å². The van der Waals surface area contributed by atoms with Crippen molar-refractivity contribution in [1.29, 1.82) is 0 Å². The van der Waals surface area contributed by atoms with E-state index in [1.54, 1.807) is 0 Å². The van der Waals surface area contributed by atoms with E-state index >= 15 is 0 Å². The van der Waals surface area contributed by atoms with Crippen LogP contribution in [0.25, 0.3) is 0 Å². The van der Waals surface area contributed by atoms with Gasteiger partial charge in [0, 0.05) is 5.41 Å². The van der Waals surface area contributed by atoms with Crippen LogP contribution in [0.4, 0.5) is 0 Å². The van der Waals surface area contributed by atoms with Crippen molar-refractivity contribution in [1.82, 2.24) is 0 Å². The minimum atomic E-state index is -0.122. The molecule has 3 unspecified atom stereocenters. The molecule has 0 heterocycles. The predicted molar refractivity (Wildman–Crippen MR) is 76.7 cm³/mol. The number of aliphatic hydroxyl groups excluding tert-OH is 1. The summed E-state index contributed by atoms with van der Waals surface area (Å²) in [6, 6.07) is 9.05. The van der Waals surface area contributed by atoms with Crippen molar-refractivity contribution in [3.05, 3.63) is 35.4 Å². The van der Waals surface area contributed by atoms with Crippen molar-refractivity contribution in [2.45, 2.75) is 59.0 Å². The Bertz CT molecular complexity index is 393. The van der Waals surface area contributed by atoms with Gasteiger partial charge in [-0.2, -0.15) is 0 Å². The van der Waals surface area contributed by atoms with Crippen LogP contribution < -0.4 is 0 Å². The zero-order chi connectivity index (χ0) is 13.3. The first-order valence-electron chi connectivity index (χ1n) is 7.24. The van der Waals surface area contributed by atoms with Gasteiger partial charge in [0.1, 0.15) is 0 Å². The molecule has 18 heavy (non-hydrogen) atoms. The third-order valence-corrected chi connectivity index (χ3v) is 4.80. The van der Waals surface area contributed by atoms with Crippen LogP contribution in [0.2, 0.25) is 0 Å². The number of rotatable bonds is 4. The second-order valence-electron chi connectivity index (χ2n) is 6.50. The number of benzene rings is 1. The summed E-state index contributed by atoms with van der Waals surface area (Å²) in [7, 11) is 0. The first kappa shape index (κ1) is 13.6. The smallest absolute Gasteiger partial charge is 0.0605 e. The van der Waals surface area contributed by atoms with E-state index in [1.165, 1.54) is 11.1 Å². The lowest BCUT2D eigenvalue weighted by molar-refractivity contribution is -0.0777. The van der Waals surface area contributed by atoms with Crippen molar-refractivity contribution >= 4 is 0 Å². The van der Waals surface area contributed by atoms with Crippen molar-refractivity contribution in [3.63, 3.8) is 0 Å². The third-order valence-electron chi connectivity index (χ3n) is 4.80. The van der Waals surface area contributed by atoms with Gasteiger partial charge in [-0.05, 0) is 42.2 Å². The first-order chi connectivity index (χ1) is 8.47. The van der Waals surface area contributed by atoms with Crippen LogP contribution in [0, 0.1) is 11.3 Å². The van der Waals surface area contributed by atoms with E-state index in [-0.39, 0.29) is 11.5 Å². The molecular weight excluding hydrogens is 220 g/mol. The van der Waals surface area contributed by atoms with Gasteiger partial charge >= 0.3 is 0 Å². The van der Waals surface area contributed by atoms with Gasteiger partial charge in [-0.25, -0.2) is 0 Å². The van der Waals surface area contributed by atoms with Crippen LogP contribution in [0.1, 0.15) is 57.6 Å². The van der Waals surface area contributed by atoms with Crippen LogP contribution in [0.15, 0.2) is 24.3 Å². The molecule has 1 aliphatic rings. The third kappa shape index (κ3) is 2.33. The normalized spacial score (nSPS) is 31.4. The Kier molecular flexibility index (Phi) is 3.82. The molecule has 1 fully saturated rings. The van der Waals surface area contributed by atoms with E-state index in [4.69, 9.17) is 0 Å². The van der Waals surface area contributed by atoms with Gasteiger partial charge < -0.3 is 5.11 Å². The van der Waals surface area contributed by atoms with Gasteiger partial charge in [-0.1, -0.05) is 52.0 Å². The second-order valence-corrected chi connectivity index (χ2v) is 6.50. The molecule has 1 heteroatoms. The highest BCUT2D eigenvalue weighted by atomic mass is 16.3. The van der Waals surface area contributed by atoms with Crippen LogP contribution in [-0.2, 0) is 6.42 Å². The lowest BCUT2D eigenvalue weighted by atomic mass is 9.55. The fourth-order valence-electron chi connectivity index (χ4n) is 3.19. The fraction of sp³-hybridized carbons (Fsp3) is 0.647. The van der Waals surface area contributed by atoms with E-state index in [0.29, 0.717) is 11.8 Å². The lowest BCUT2D eigenvalue weighted by Gasteiger charge is -2.51. The molecule has 1 aromatic carbocycles. The monoisotopic (exact) mass is 246 g/mol. The molecule has 0 bridgehead atoms. The summed E-state index contributed by atoms with van der Waals surface area (Å²) >= 11 is 0. The molecule has 0 radical (unpaired) electrons. The Hall–Kier alpha value is -0.820. The summed E-state index contributed by atoms with van der Waals surface area (Å²) in [6.45, 7) is 8.91. The molecule has 100 valence electrons. The minimum absolute atomic E-state index is 0.0829. The van der Waals surface area contributed by atoms with Crippen molar-refractivity contribution in [3.8, 4) is 0 Å². The highest BCUT2D eigenvalue weighted by Gasteiger charge is 2.49. The highest BCUT2D eigenvalue weighted by Crippen LogP contribution is 2.54. The standard InChI is InChI=1S/C17H26O/c1-5-17(4)15(11-16(17)18)14-8-6-13(7-9-14)10-12(2)3/h6-9,12,15-16,18H,5,10-11H2,1-4H3. The Morgan fingerprint density at radius 3 is 2.33 bits per heavy atom. The Morgan fingerprint density at radius 1 is 1.28 bits per heavy atom. The maximum Gasteiger partial charge on any atom is 0.0605 e. The quantitative estimate of drug-likeness (QED) is 0.846. The molecule has 1 N–H and O–H groups in total. The maximum atomic E-state index is 9.97. The lowest BCUT2D eigenvalue weighted by Crippen LogP contribution is -2.49. The zero-order valence-electron chi connectivity index (χ0n) is 12.1. The molecule has 0 spiro atoms. The summed E-state index contributed by atoms with van der Waals surface area (Å²) in [4.78, 5) is 0. The second kappa shape index (κ2) is 5.05. The van der Waals surface area contributed by atoms with Crippen LogP contribution in [-0.4, -0.2) is 11.2 Å². The molecule has 1 saturated carbocycles. The topological polar surface area (TPSA) is 20.2 Å². The summed E-state index contributed by atoms with van der Waals surface area (Å²) in [5.74, 6) is 1.24. The van der Waals surface area contributed by atoms with Gasteiger partial charge in [-0.15, -0.1) is 0 Å². The Labute approximate surface area is 111 Å². The van der Waals surface area contributed by atoms with Crippen molar-refractivity contribution in [2.24, 2.45) is 11.3 Å². The van der Waals surface area contributed by atoms with E-state index in [9.17, 15) is 5.11 Å². The molecule has 1 nitrogen and oxygen atoms in total. The first-order valence-corrected chi connectivity index (χ1v) is 7.24. The predicted octanol–water partition coefficient (Wildman–Crippen LogP) is 4.15. The van der Waals surface area contributed by atoms with Crippen LogP contribution >= 0.6 is 0 Å². The SMILES string of the molecule is CCC1(C)C(O)CC1c1ccc(CC(C)C)cc1. The highest BCUT2D eigenvalue weighted by molar-refractivity contribution is 5.30. The molecule has 1 aliphatic carbocycles. The van der Waals surface area contributed by atoms with Gasteiger partial charge in [0.2, 0.25) is 0 Å². The average molecular weight is 246 g/mol. The number of hydrogen-bond acceptors (Lipinski definition) is 1. The van der Waals surface area contributed by atoms with Gasteiger partial charge in [0.05, 0.1) is 6.10 Å². The summed E-state index contributed by atoms with van der Waals surface area (Å²) in [5.41, 5.74) is 2.91. The zero-order valence-corrected chi connectivity index (χ0v) is 12.1. The van der Waals surface area contributed by atoms with Crippen LogP contribution in [0.5, 0.6) is 0 Å². The van der Waals surface area contributed by atoms with Crippen molar-refractivity contribution < 1.29 is 5.11 Å². The van der Waals surface area contributed by atoms with Gasteiger partial charge in [0.15, 0.2) is 0 Å². The summed E-state index contributed by atoms with van der Waals surface area (Å²) in [5, 5.41) is 9.97. The summed E-state index contributed by atoms with van der Waals surface area (Å²) in [6.07, 6.45) is 3.00. The molecule has 0 aromatic heterocycles. The molecule has 0 amide bonds. The summed E-state index contributed by atoms with van der Waals surface area (Å²) < 4.78 is 0.